The Labute approximate surface area is 135 Å². The minimum Gasteiger partial charge on any atom is -0.460 e. The molecular formula is C18H20ClNO2. The van der Waals surface area contributed by atoms with E-state index in [0.29, 0.717) is 11.8 Å². The SMILES string of the molecule is OC1[C@@H]2CC[C@H]1CN(Cc1ccc(-c3cccc(Cl)c3)o1)C2. The first kappa shape index (κ1) is 14.3. The summed E-state index contributed by atoms with van der Waals surface area (Å²) >= 11 is 6.04. The zero-order valence-electron chi connectivity index (χ0n) is 12.4. The molecule has 1 unspecified atom stereocenters. The van der Waals surface area contributed by atoms with Crippen molar-refractivity contribution in [2.45, 2.75) is 25.5 Å². The lowest BCUT2D eigenvalue weighted by atomic mass is 9.95. The predicted octanol–water partition coefficient (Wildman–Crippen LogP) is 3.80. The summed E-state index contributed by atoms with van der Waals surface area (Å²) < 4.78 is 5.98. The van der Waals surface area contributed by atoms with Crippen LogP contribution in [0.5, 0.6) is 0 Å². The second kappa shape index (κ2) is 5.73. The Morgan fingerprint density at radius 3 is 2.64 bits per heavy atom. The normalized spacial score (nSPS) is 28.2. The number of aliphatic hydroxyl groups excluding tert-OH is 1. The van der Waals surface area contributed by atoms with Crippen molar-refractivity contribution < 1.29 is 9.52 Å². The topological polar surface area (TPSA) is 36.6 Å². The molecule has 2 fully saturated rings. The Hall–Kier alpha value is -1.29. The highest BCUT2D eigenvalue weighted by Gasteiger charge is 2.40. The molecule has 0 amide bonds. The Balaban J connectivity index is 1.46. The number of nitrogens with zero attached hydrogens (tertiary/aromatic N) is 1. The molecule has 3 nitrogen and oxygen atoms in total. The second-order valence-corrected chi connectivity index (χ2v) is 6.99. The van der Waals surface area contributed by atoms with Crippen LogP contribution in [0.3, 0.4) is 0 Å². The van der Waals surface area contributed by atoms with Crippen LogP contribution < -0.4 is 0 Å². The van der Waals surface area contributed by atoms with E-state index in [9.17, 15) is 5.11 Å². The van der Waals surface area contributed by atoms with Gasteiger partial charge in [-0.3, -0.25) is 4.90 Å². The van der Waals surface area contributed by atoms with Crippen molar-refractivity contribution in [3.63, 3.8) is 0 Å². The monoisotopic (exact) mass is 317 g/mol. The van der Waals surface area contributed by atoms with E-state index in [1.807, 2.05) is 36.4 Å². The van der Waals surface area contributed by atoms with Gasteiger partial charge in [0, 0.05) is 23.7 Å². The fourth-order valence-electron chi connectivity index (χ4n) is 3.90. The van der Waals surface area contributed by atoms with Gasteiger partial charge in [-0.2, -0.15) is 0 Å². The van der Waals surface area contributed by atoms with Crippen molar-refractivity contribution in [2.75, 3.05) is 13.1 Å². The Kier molecular flexibility index (Phi) is 3.73. The van der Waals surface area contributed by atoms with Gasteiger partial charge in [0.25, 0.3) is 0 Å². The van der Waals surface area contributed by atoms with E-state index in [0.717, 1.165) is 54.6 Å². The standard InChI is InChI=1S/C18H20ClNO2/c19-15-3-1-2-12(8-15)17-7-6-16(22-17)11-20-9-13-4-5-14(10-20)18(13)21/h1-3,6-8,13-14,18,21H,4-5,9-11H2/t13-,14+,18?. The van der Waals surface area contributed by atoms with Crippen LogP contribution in [-0.2, 0) is 6.54 Å². The number of benzene rings is 1. The third-order valence-electron chi connectivity index (χ3n) is 5.01. The van der Waals surface area contributed by atoms with Gasteiger partial charge in [0.2, 0.25) is 0 Å². The van der Waals surface area contributed by atoms with Crippen molar-refractivity contribution in [1.29, 1.82) is 0 Å². The number of aliphatic hydroxyl groups is 1. The maximum atomic E-state index is 10.1. The van der Waals surface area contributed by atoms with Gasteiger partial charge in [-0.05, 0) is 48.9 Å². The molecule has 2 aromatic rings. The fourth-order valence-corrected chi connectivity index (χ4v) is 4.09. The number of furan rings is 1. The highest BCUT2D eigenvalue weighted by Crippen LogP contribution is 2.37. The van der Waals surface area contributed by atoms with Gasteiger partial charge >= 0.3 is 0 Å². The number of hydrogen-bond donors (Lipinski definition) is 1. The Bertz CT molecular complexity index is 655. The number of fused-ring (bicyclic) bond motifs is 2. The molecule has 3 atom stereocenters. The third kappa shape index (κ3) is 2.69. The van der Waals surface area contributed by atoms with E-state index in [1.54, 1.807) is 0 Å². The van der Waals surface area contributed by atoms with Crippen molar-refractivity contribution in [3.05, 3.63) is 47.2 Å². The smallest absolute Gasteiger partial charge is 0.134 e. The molecule has 2 bridgehead atoms. The van der Waals surface area contributed by atoms with Crippen molar-refractivity contribution in [3.8, 4) is 11.3 Å². The summed E-state index contributed by atoms with van der Waals surface area (Å²) in [6.07, 6.45) is 2.23. The molecule has 116 valence electrons. The Morgan fingerprint density at radius 1 is 1.14 bits per heavy atom. The third-order valence-corrected chi connectivity index (χ3v) is 5.24. The van der Waals surface area contributed by atoms with E-state index < -0.39 is 0 Å². The number of rotatable bonds is 3. The van der Waals surface area contributed by atoms with Gasteiger partial charge < -0.3 is 9.52 Å². The van der Waals surface area contributed by atoms with Crippen LogP contribution in [0, 0.1) is 11.8 Å². The maximum Gasteiger partial charge on any atom is 0.134 e. The van der Waals surface area contributed by atoms with E-state index in [1.165, 1.54) is 0 Å². The van der Waals surface area contributed by atoms with Gasteiger partial charge in [-0.15, -0.1) is 0 Å². The zero-order valence-corrected chi connectivity index (χ0v) is 13.2. The molecule has 2 aliphatic rings. The molecule has 1 aromatic carbocycles. The molecule has 1 aromatic heterocycles. The van der Waals surface area contributed by atoms with E-state index in [4.69, 9.17) is 16.0 Å². The van der Waals surface area contributed by atoms with E-state index in [-0.39, 0.29) is 6.10 Å². The number of piperidine rings is 1. The molecule has 1 aliphatic carbocycles. The summed E-state index contributed by atoms with van der Waals surface area (Å²) in [5, 5.41) is 10.8. The summed E-state index contributed by atoms with van der Waals surface area (Å²) in [6, 6.07) is 11.8. The molecule has 1 saturated heterocycles. The highest BCUT2D eigenvalue weighted by atomic mass is 35.5. The fraction of sp³-hybridized carbons (Fsp3) is 0.444. The molecule has 0 radical (unpaired) electrons. The quantitative estimate of drug-likeness (QED) is 0.935. The Morgan fingerprint density at radius 2 is 1.91 bits per heavy atom. The molecule has 0 spiro atoms. The number of hydrogen-bond acceptors (Lipinski definition) is 3. The lowest BCUT2D eigenvalue weighted by molar-refractivity contribution is 0.0117. The van der Waals surface area contributed by atoms with Gasteiger partial charge in [0.15, 0.2) is 0 Å². The number of halogens is 1. The highest BCUT2D eigenvalue weighted by molar-refractivity contribution is 6.30. The largest absolute Gasteiger partial charge is 0.460 e. The lowest BCUT2D eigenvalue weighted by Crippen LogP contribution is -2.44. The molecular weight excluding hydrogens is 298 g/mol. The van der Waals surface area contributed by atoms with E-state index in [2.05, 4.69) is 4.90 Å². The van der Waals surface area contributed by atoms with Gasteiger partial charge in [-0.1, -0.05) is 23.7 Å². The molecule has 1 N–H and O–H groups in total. The summed E-state index contributed by atoms with van der Waals surface area (Å²) in [4.78, 5) is 2.41. The predicted molar refractivity (Wildman–Crippen MR) is 86.7 cm³/mol. The zero-order chi connectivity index (χ0) is 15.1. The summed E-state index contributed by atoms with van der Waals surface area (Å²) in [7, 11) is 0. The van der Waals surface area contributed by atoms with Gasteiger partial charge in [0.1, 0.15) is 11.5 Å². The van der Waals surface area contributed by atoms with Crippen LogP contribution in [0.1, 0.15) is 18.6 Å². The average Bonchev–Trinajstić information content (AvgIpc) is 3.02. The van der Waals surface area contributed by atoms with Crippen LogP contribution in [0.15, 0.2) is 40.8 Å². The second-order valence-electron chi connectivity index (χ2n) is 6.56. The molecule has 1 aliphatic heterocycles. The molecule has 4 heteroatoms. The minimum absolute atomic E-state index is 0.0881. The average molecular weight is 318 g/mol. The van der Waals surface area contributed by atoms with Crippen LogP contribution >= 0.6 is 11.6 Å². The summed E-state index contributed by atoms with van der Waals surface area (Å²) in [5.41, 5.74) is 1.01. The molecule has 22 heavy (non-hydrogen) atoms. The van der Waals surface area contributed by atoms with Crippen molar-refractivity contribution in [2.24, 2.45) is 11.8 Å². The summed E-state index contributed by atoms with van der Waals surface area (Å²) in [6.45, 7) is 2.77. The van der Waals surface area contributed by atoms with Gasteiger partial charge in [0.05, 0.1) is 12.6 Å². The van der Waals surface area contributed by atoms with Crippen LogP contribution in [0.4, 0.5) is 0 Å². The number of likely N-dealkylation sites (tertiary alicyclic amines) is 1. The maximum absolute atomic E-state index is 10.1. The molecule has 1 saturated carbocycles. The minimum atomic E-state index is -0.0881. The first-order valence-corrected chi connectivity index (χ1v) is 8.32. The first-order chi connectivity index (χ1) is 10.7. The van der Waals surface area contributed by atoms with Crippen molar-refractivity contribution in [1.82, 2.24) is 4.90 Å². The first-order valence-electron chi connectivity index (χ1n) is 7.94. The van der Waals surface area contributed by atoms with Gasteiger partial charge in [-0.25, -0.2) is 0 Å². The summed E-state index contributed by atoms with van der Waals surface area (Å²) in [5.74, 6) is 2.73. The molecule has 4 rings (SSSR count). The van der Waals surface area contributed by atoms with E-state index >= 15 is 0 Å². The van der Waals surface area contributed by atoms with Crippen LogP contribution in [0.25, 0.3) is 11.3 Å². The lowest BCUT2D eigenvalue weighted by Gasteiger charge is -2.34. The van der Waals surface area contributed by atoms with Crippen LogP contribution in [-0.4, -0.2) is 29.2 Å². The molecule has 2 heterocycles. The van der Waals surface area contributed by atoms with Crippen LogP contribution in [0.2, 0.25) is 5.02 Å². The van der Waals surface area contributed by atoms with Crippen molar-refractivity contribution >= 4 is 11.6 Å².